The van der Waals surface area contributed by atoms with Crippen molar-refractivity contribution in [3.63, 3.8) is 0 Å². The van der Waals surface area contributed by atoms with Gasteiger partial charge in [-0.2, -0.15) is 5.26 Å². The van der Waals surface area contributed by atoms with Gasteiger partial charge in [-0.1, -0.05) is 24.8 Å². The van der Waals surface area contributed by atoms with Gasteiger partial charge in [0.25, 0.3) is 0 Å². The molecule has 0 fully saturated rings. The average molecular weight is 395 g/mol. The average Bonchev–Trinajstić information content (AvgIpc) is 2.80. The molecule has 0 aliphatic carbocycles. The Morgan fingerprint density at radius 3 is 2.83 bits per heavy atom. The zero-order valence-electron chi connectivity index (χ0n) is 16.6. The molecule has 6 nitrogen and oxygen atoms in total. The van der Waals surface area contributed by atoms with Crippen molar-refractivity contribution in [1.82, 2.24) is 15.3 Å². The fourth-order valence-electron chi connectivity index (χ4n) is 2.75. The van der Waals surface area contributed by atoms with Crippen LogP contribution in [0.3, 0.4) is 0 Å². The molecule has 0 spiro atoms. The minimum absolute atomic E-state index is 0.166. The molecule has 0 aliphatic rings. The summed E-state index contributed by atoms with van der Waals surface area (Å²) in [5.74, 6) is 0.447. The van der Waals surface area contributed by atoms with Gasteiger partial charge in [-0.25, -0.2) is 4.98 Å². The van der Waals surface area contributed by atoms with E-state index < -0.39 is 0 Å². The maximum atomic E-state index is 12.3. The molecule has 0 saturated carbocycles. The van der Waals surface area contributed by atoms with E-state index in [-0.39, 0.29) is 5.91 Å². The van der Waals surface area contributed by atoms with Crippen LogP contribution >= 0.6 is 0 Å². The maximum absolute atomic E-state index is 12.3. The molecule has 0 bridgehead atoms. The van der Waals surface area contributed by atoms with Crippen LogP contribution in [0, 0.1) is 11.3 Å². The summed E-state index contributed by atoms with van der Waals surface area (Å²) in [7, 11) is 0. The molecule has 2 N–H and O–H groups in total. The lowest BCUT2D eigenvalue weighted by molar-refractivity contribution is -0.117. The van der Waals surface area contributed by atoms with E-state index >= 15 is 0 Å². The Balaban J connectivity index is 1.74. The van der Waals surface area contributed by atoms with Gasteiger partial charge in [0.15, 0.2) is 0 Å². The summed E-state index contributed by atoms with van der Waals surface area (Å²) in [6, 6.07) is 13.2. The van der Waals surface area contributed by atoms with Crippen molar-refractivity contribution in [3.05, 3.63) is 102 Å². The number of fused-ring (bicyclic) bond motifs is 1. The number of nitrogens with one attached hydrogen (secondary N) is 2. The summed E-state index contributed by atoms with van der Waals surface area (Å²) in [5, 5.41) is 17.0. The number of rotatable bonds is 7. The van der Waals surface area contributed by atoms with Gasteiger partial charge in [0.1, 0.15) is 5.82 Å². The Morgan fingerprint density at radius 2 is 2.10 bits per heavy atom. The summed E-state index contributed by atoms with van der Waals surface area (Å²) in [6.07, 6.45) is 10.2. The first-order chi connectivity index (χ1) is 14.6. The third-order valence-corrected chi connectivity index (χ3v) is 4.42. The van der Waals surface area contributed by atoms with E-state index in [1.807, 2.05) is 24.3 Å². The molecule has 0 aliphatic heterocycles. The molecule has 0 unspecified atom stereocenters. The topological polar surface area (TPSA) is 90.7 Å². The lowest BCUT2D eigenvalue weighted by Gasteiger charge is -2.09. The predicted molar refractivity (Wildman–Crippen MR) is 118 cm³/mol. The number of nitriles is 1. The standard InChI is InChI=1S/C24H21N5O/c1-3-21(9-6-17(2)24(30)28-16-19-5-4-11-26-15-19)29-23-22-13-18(14-25)7-8-20(22)10-12-27-23/h3-13,15H,1,16H2,2H3,(H,27,29)(H,28,30)/b17-6+,21-9+. The number of nitrogens with zero attached hydrogens (tertiary/aromatic N) is 3. The minimum atomic E-state index is -0.166. The Bertz CT molecular complexity index is 1170. The van der Waals surface area contributed by atoms with E-state index in [0.29, 0.717) is 29.2 Å². The van der Waals surface area contributed by atoms with E-state index in [1.54, 1.807) is 55.9 Å². The van der Waals surface area contributed by atoms with Crippen LogP contribution in [0.25, 0.3) is 10.8 Å². The van der Waals surface area contributed by atoms with Gasteiger partial charge in [0.05, 0.1) is 11.6 Å². The predicted octanol–water partition coefficient (Wildman–Crippen LogP) is 4.25. The van der Waals surface area contributed by atoms with Crippen molar-refractivity contribution in [1.29, 1.82) is 5.26 Å². The third kappa shape index (κ3) is 5.18. The van der Waals surface area contributed by atoms with Crippen molar-refractivity contribution >= 4 is 22.5 Å². The molecule has 3 rings (SSSR count). The van der Waals surface area contributed by atoms with Gasteiger partial charge in [0.2, 0.25) is 5.91 Å². The highest BCUT2D eigenvalue weighted by Gasteiger charge is 2.06. The van der Waals surface area contributed by atoms with E-state index in [4.69, 9.17) is 5.26 Å². The molecule has 148 valence electrons. The molecule has 1 aromatic carbocycles. The van der Waals surface area contributed by atoms with Crippen molar-refractivity contribution in [2.75, 3.05) is 5.32 Å². The number of anilines is 1. The molecule has 2 aromatic heterocycles. The van der Waals surface area contributed by atoms with Crippen LogP contribution in [0.5, 0.6) is 0 Å². The fraction of sp³-hybridized carbons (Fsp3) is 0.0833. The number of allylic oxidation sites excluding steroid dienone is 3. The second-order valence-electron chi connectivity index (χ2n) is 6.55. The number of benzene rings is 1. The molecule has 0 atom stereocenters. The smallest absolute Gasteiger partial charge is 0.247 e. The van der Waals surface area contributed by atoms with E-state index in [0.717, 1.165) is 16.3 Å². The molecule has 1 amide bonds. The number of carbonyl (C=O) groups excluding carboxylic acids is 1. The molecular weight excluding hydrogens is 374 g/mol. The second kappa shape index (κ2) is 9.80. The van der Waals surface area contributed by atoms with Gasteiger partial charge in [-0.3, -0.25) is 9.78 Å². The zero-order valence-corrected chi connectivity index (χ0v) is 16.6. The van der Waals surface area contributed by atoms with Gasteiger partial charge < -0.3 is 10.6 Å². The highest BCUT2D eigenvalue weighted by atomic mass is 16.1. The Hall–Kier alpha value is -4.24. The van der Waals surface area contributed by atoms with Crippen LogP contribution in [0.1, 0.15) is 18.1 Å². The summed E-state index contributed by atoms with van der Waals surface area (Å²) in [4.78, 5) is 20.7. The Morgan fingerprint density at radius 1 is 1.23 bits per heavy atom. The van der Waals surface area contributed by atoms with Gasteiger partial charge >= 0.3 is 0 Å². The highest BCUT2D eigenvalue weighted by Crippen LogP contribution is 2.23. The lowest BCUT2D eigenvalue weighted by Crippen LogP contribution is -2.23. The second-order valence-corrected chi connectivity index (χ2v) is 6.55. The molecule has 2 heterocycles. The van der Waals surface area contributed by atoms with Gasteiger partial charge in [-0.05, 0) is 54.3 Å². The lowest BCUT2D eigenvalue weighted by atomic mass is 10.1. The normalized spacial score (nSPS) is 11.6. The Kier molecular flexibility index (Phi) is 6.70. The van der Waals surface area contributed by atoms with Crippen molar-refractivity contribution < 1.29 is 4.79 Å². The van der Waals surface area contributed by atoms with Crippen LogP contribution in [0.2, 0.25) is 0 Å². The van der Waals surface area contributed by atoms with E-state index in [2.05, 4.69) is 33.2 Å². The molecule has 30 heavy (non-hydrogen) atoms. The first-order valence-corrected chi connectivity index (χ1v) is 9.34. The Labute approximate surface area is 175 Å². The number of aromatic nitrogens is 2. The monoisotopic (exact) mass is 395 g/mol. The van der Waals surface area contributed by atoms with Gasteiger partial charge in [0, 0.05) is 41.8 Å². The van der Waals surface area contributed by atoms with Crippen LogP contribution < -0.4 is 10.6 Å². The number of pyridine rings is 2. The first-order valence-electron chi connectivity index (χ1n) is 9.34. The first kappa shape index (κ1) is 20.5. The molecular formula is C24H21N5O. The van der Waals surface area contributed by atoms with Crippen LogP contribution in [0.4, 0.5) is 5.82 Å². The molecule has 0 radical (unpaired) electrons. The largest absolute Gasteiger partial charge is 0.348 e. The summed E-state index contributed by atoms with van der Waals surface area (Å²) < 4.78 is 0. The number of hydrogen-bond acceptors (Lipinski definition) is 5. The van der Waals surface area contributed by atoms with E-state index in [9.17, 15) is 4.79 Å². The van der Waals surface area contributed by atoms with E-state index in [1.165, 1.54) is 0 Å². The third-order valence-electron chi connectivity index (χ3n) is 4.42. The summed E-state index contributed by atoms with van der Waals surface area (Å²) >= 11 is 0. The van der Waals surface area contributed by atoms with Crippen LogP contribution in [-0.4, -0.2) is 15.9 Å². The number of hydrogen-bond donors (Lipinski definition) is 2. The van der Waals surface area contributed by atoms with Crippen LogP contribution in [-0.2, 0) is 11.3 Å². The quantitative estimate of drug-likeness (QED) is 0.461. The highest BCUT2D eigenvalue weighted by molar-refractivity contribution is 5.94. The fourth-order valence-corrected chi connectivity index (χ4v) is 2.75. The SMILES string of the molecule is C=C/C(=C\C=C(/C)C(=O)NCc1cccnc1)Nc1nccc2ccc(C#N)cc12. The summed E-state index contributed by atoms with van der Waals surface area (Å²) in [6.45, 7) is 5.98. The van der Waals surface area contributed by atoms with Gasteiger partial charge in [-0.15, -0.1) is 0 Å². The van der Waals surface area contributed by atoms with Crippen molar-refractivity contribution in [3.8, 4) is 6.07 Å². The molecule has 0 saturated heterocycles. The number of amides is 1. The minimum Gasteiger partial charge on any atom is -0.348 e. The zero-order chi connectivity index (χ0) is 21.3. The van der Waals surface area contributed by atoms with Crippen molar-refractivity contribution in [2.45, 2.75) is 13.5 Å². The maximum Gasteiger partial charge on any atom is 0.247 e. The van der Waals surface area contributed by atoms with Crippen molar-refractivity contribution in [2.24, 2.45) is 0 Å². The molecule has 3 aromatic rings. The molecule has 6 heteroatoms. The summed E-state index contributed by atoms with van der Waals surface area (Å²) in [5.41, 5.74) is 2.72. The number of carbonyl (C=O) groups is 1. The van der Waals surface area contributed by atoms with Crippen LogP contribution in [0.15, 0.2) is 91.1 Å².